The summed E-state index contributed by atoms with van der Waals surface area (Å²) in [5.74, 6) is 0.561. The highest BCUT2D eigenvalue weighted by Crippen LogP contribution is 2.16. The van der Waals surface area contributed by atoms with Gasteiger partial charge in [0.1, 0.15) is 5.75 Å². The Hall–Kier alpha value is -1.59. The Morgan fingerprint density at radius 1 is 1.26 bits per heavy atom. The lowest BCUT2D eigenvalue weighted by molar-refractivity contribution is -0.00449. The van der Waals surface area contributed by atoms with Gasteiger partial charge < -0.3 is 19.5 Å². The molecule has 104 valence electrons. The van der Waals surface area contributed by atoms with Crippen LogP contribution in [-0.2, 0) is 4.74 Å². The molecule has 1 aliphatic heterocycles. The van der Waals surface area contributed by atoms with Gasteiger partial charge in [0.05, 0.1) is 19.3 Å². The third-order valence-corrected chi connectivity index (χ3v) is 3.09. The highest BCUT2D eigenvalue weighted by atomic mass is 16.6. The van der Waals surface area contributed by atoms with Crippen LogP contribution in [-0.4, -0.2) is 48.5 Å². The Morgan fingerprint density at radius 3 is 2.58 bits per heavy atom. The maximum absolute atomic E-state index is 11.9. The Balaban J connectivity index is 1.76. The Morgan fingerprint density at radius 2 is 1.95 bits per heavy atom. The third-order valence-electron chi connectivity index (χ3n) is 3.09. The minimum atomic E-state index is -0.313. The van der Waals surface area contributed by atoms with Crippen molar-refractivity contribution in [3.63, 3.8) is 0 Å². The van der Waals surface area contributed by atoms with Gasteiger partial charge in [-0.3, -0.25) is 0 Å². The number of aliphatic hydroxyl groups excluding tert-OH is 1. The second kappa shape index (κ2) is 7.11. The van der Waals surface area contributed by atoms with Crippen LogP contribution in [0.3, 0.4) is 0 Å². The van der Waals surface area contributed by atoms with Gasteiger partial charge in [0, 0.05) is 13.1 Å². The second-order valence-electron chi connectivity index (χ2n) is 4.46. The largest absolute Gasteiger partial charge is 0.415 e. The number of aliphatic hydroxyl groups is 1. The average Bonchev–Trinajstić information content (AvgIpc) is 2.46. The van der Waals surface area contributed by atoms with E-state index in [4.69, 9.17) is 14.6 Å². The molecule has 0 saturated carbocycles. The van der Waals surface area contributed by atoms with Gasteiger partial charge in [0.15, 0.2) is 0 Å². The molecular formula is C14H19NO4. The minimum absolute atomic E-state index is 0.0380. The quantitative estimate of drug-likeness (QED) is 0.899. The normalized spacial score (nSPS) is 16.4. The van der Waals surface area contributed by atoms with Crippen molar-refractivity contribution in [3.05, 3.63) is 30.3 Å². The molecule has 0 atom stereocenters. The average molecular weight is 265 g/mol. The summed E-state index contributed by atoms with van der Waals surface area (Å²) >= 11 is 0. The SMILES string of the molecule is O=C(Oc1ccccc1)N1CCC(OCCO)CC1. The van der Waals surface area contributed by atoms with E-state index < -0.39 is 0 Å². The lowest BCUT2D eigenvalue weighted by Crippen LogP contribution is -2.42. The molecule has 2 rings (SSSR count). The van der Waals surface area contributed by atoms with Crippen molar-refractivity contribution in [2.24, 2.45) is 0 Å². The van der Waals surface area contributed by atoms with E-state index in [0.717, 1.165) is 12.8 Å². The van der Waals surface area contributed by atoms with E-state index in [-0.39, 0.29) is 18.8 Å². The molecule has 1 aliphatic rings. The van der Waals surface area contributed by atoms with Gasteiger partial charge in [0.2, 0.25) is 0 Å². The summed E-state index contributed by atoms with van der Waals surface area (Å²) in [6.45, 7) is 1.65. The first-order valence-corrected chi connectivity index (χ1v) is 6.54. The van der Waals surface area contributed by atoms with Crippen molar-refractivity contribution < 1.29 is 19.4 Å². The number of likely N-dealkylation sites (tertiary alicyclic amines) is 1. The number of nitrogens with zero attached hydrogens (tertiary/aromatic N) is 1. The number of hydrogen-bond acceptors (Lipinski definition) is 4. The molecule has 1 amide bonds. The first-order chi connectivity index (χ1) is 9.29. The van der Waals surface area contributed by atoms with Crippen LogP contribution in [0.25, 0.3) is 0 Å². The molecule has 19 heavy (non-hydrogen) atoms. The Kier molecular flexibility index (Phi) is 5.18. The number of hydrogen-bond donors (Lipinski definition) is 1. The lowest BCUT2D eigenvalue weighted by Gasteiger charge is -2.31. The molecule has 0 bridgehead atoms. The van der Waals surface area contributed by atoms with Crippen molar-refractivity contribution in [1.29, 1.82) is 0 Å². The summed E-state index contributed by atoms with van der Waals surface area (Å²) in [7, 11) is 0. The topological polar surface area (TPSA) is 59.0 Å². The van der Waals surface area contributed by atoms with E-state index in [2.05, 4.69) is 0 Å². The third kappa shape index (κ3) is 4.22. The van der Waals surface area contributed by atoms with E-state index in [1.54, 1.807) is 17.0 Å². The van der Waals surface area contributed by atoms with Gasteiger partial charge in [-0.1, -0.05) is 18.2 Å². The van der Waals surface area contributed by atoms with Crippen LogP contribution < -0.4 is 4.74 Å². The molecule has 1 fully saturated rings. The standard InChI is InChI=1S/C14H19NO4/c16-10-11-18-12-6-8-15(9-7-12)14(17)19-13-4-2-1-3-5-13/h1-5,12,16H,6-11H2. The number of piperidine rings is 1. The van der Waals surface area contributed by atoms with E-state index in [0.29, 0.717) is 25.4 Å². The molecule has 0 unspecified atom stereocenters. The fourth-order valence-electron chi connectivity index (χ4n) is 2.08. The van der Waals surface area contributed by atoms with Gasteiger partial charge in [0.25, 0.3) is 0 Å². The Labute approximate surface area is 112 Å². The van der Waals surface area contributed by atoms with Crippen molar-refractivity contribution in [2.75, 3.05) is 26.3 Å². The number of carbonyl (C=O) groups excluding carboxylic acids is 1. The predicted octanol–water partition coefficient (Wildman–Crippen LogP) is 1.66. The molecule has 0 spiro atoms. The first-order valence-electron chi connectivity index (χ1n) is 6.54. The van der Waals surface area contributed by atoms with Crippen molar-refractivity contribution in [2.45, 2.75) is 18.9 Å². The van der Waals surface area contributed by atoms with Crippen LogP contribution in [0.5, 0.6) is 5.75 Å². The predicted molar refractivity (Wildman–Crippen MR) is 70.1 cm³/mol. The van der Waals surface area contributed by atoms with Crippen molar-refractivity contribution in [1.82, 2.24) is 4.90 Å². The van der Waals surface area contributed by atoms with Gasteiger partial charge >= 0.3 is 6.09 Å². The maximum Gasteiger partial charge on any atom is 0.415 e. The molecule has 0 aliphatic carbocycles. The highest BCUT2D eigenvalue weighted by Gasteiger charge is 2.24. The summed E-state index contributed by atoms with van der Waals surface area (Å²) < 4.78 is 10.7. The number of benzene rings is 1. The summed E-state index contributed by atoms with van der Waals surface area (Å²) in [5, 5.41) is 8.69. The van der Waals surface area contributed by atoms with E-state index in [9.17, 15) is 4.79 Å². The van der Waals surface area contributed by atoms with Crippen LogP contribution in [0.1, 0.15) is 12.8 Å². The van der Waals surface area contributed by atoms with E-state index in [1.165, 1.54) is 0 Å². The molecular weight excluding hydrogens is 246 g/mol. The summed E-state index contributed by atoms with van der Waals surface area (Å²) in [6, 6.07) is 9.06. The molecule has 1 aromatic carbocycles. The number of ether oxygens (including phenoxy) is 2. The van der Waals surface area contributed by atoms with Crippen molar-refractivity contribution >= 4 is 6.09 Å². The van der Waals surface area contributed by atoms with Crippen LogP contribution in [0.4, 0.5) is 4.79 Å². The molecule has 0 radical (unpaired) electrons. The molecule has 0 aromatic heterocycles. The second-order valence-corrected chi connectivity index (χ2v) is 4.46. The molecule has 1 heterocycles. The smallest absolute Gasteiger partial charge is 0.410 e. The number of amides is 1. The Bertz CT molecular complexity index is 388. The zero-order chi connectivity index (χ0) is 13.5. The maximum atomic E-state index is 11.9. The van der Waals surface area contributed by atoms with Gasteiger partial charge in [-0.25, -0.2) is 4.79 Å². The highest BCUT2D eigenvalue weighted by molar-refractivity contribution is 5.70. The number of carbonyl (C=O) groups is 1. The molecule has 5 heteroatoms. The minimum Gasteiger partial charge on any atom is -0.410 e. The fourth-order valence-corrected chi connectivity index (χ4v) is 2.08. The summed E-state index contributed by atoms with van der Waals surface area (Å²) in [5.41, 5.74) is 0. The summed E-state index contributed by atoms with van der Waals surface area (Å²) in [4.78, 5) is 13.6. The zero-order valence-electron chi connectivity index (χ0n) is 10.8. The van der Waals surface area contributed by atoms with Crippen LogP contribution in [0, 0.1) is 0 Å². The van der Waals surface area contributed by atoms with Crippen molar-refractivity contribution in [3.8, 4) is 5.75 Å². The zero-order valence-corrected chi connectivity index (χ0v) is 10.8. The van der Waals surface area contributed by atoms with Gasteiger partial charge in [-0.15, -0.1) is 0 Å². The fraction of sp³-hybridized carbons (Fsp3) is 0.500. The van der Waals surface area contributed by atoms with Crippen LogP contribution >= 0.6 is 0 Å². The molecule has 1 N–H and O–H groups in total. The van der Waals surface area contributed by atoms with Gasteiger partial charge in [-0.2, -0.15) is 0 Å². The number of para-hydroxylation sites is 1. The lowest BCUT2D eigenvalue weighted by atomic mass is 10.1. The van der Waals surface area contributed by atoms with Gasteiger partial charge in [-0.05, 0) is 25.0 Å². The van der Waals surface area contributed by atoms with E-state index in [1.807, 2.05) is 18.2 Å². The van der Waals surface area contributed by atoms with Crippen LogP contribution in [0.15, 0.2) is 30.3 Å². The molecule has 1 saturated heterocycles. The van der Waals surface area contributed by atoms with E-state index >= 15 is 0 Å². The first kappa shape index (κ1) is 13.8. The summed E-state index contributed by atoms with van der Waals surface area (Å²) in [6.07, 6.45) is 1.38. The molecule has 1 aromatic rings. The monoisotopic (exact) mass is 265 g/mol. The van der Waals surface area contributed by atoms with Crippen LogP contribution in [0.2, 0.25) is 0 Å². The number of rotatable bonds is 4. The molecule has 5 nitrogen and oxygen atoms in total.